The number of hydrogen-bond acceptors (Lipinski definition) is 3. The Morgan fingerprint density at radius 1 is 1.10 bits per heavy atom. The molecule has 0 aromatic heterocycles. The van der Waals surface area contributed by atoms with Crippen LogP contribution in [0.1, 0.15) is 47.5 Å². The van der Waals surface area contributed by atoms with Crippen molar-refractivity contribution in [2.45, 2.75) is 53.5 Å². The second kappa shape index (κ2) is 5.11. The Hall–Kier alpha value is -1.39. The van der Waals surface area contributed by atoms with Crippen molar-refractivity contribution in [1.82, 2.24) is 4.90 Å². The summed E-state index contributed by atoms with van der Waals surface area (Å²) in [6.45, 7) is 9.42. The fraction of sp³-hybridized carbons (Fsp3) is 0.812. The van der Waals surface area contributed by atoms with Crippen LogP contribution in [-0.4, -0.2) is 33.8 Å². The number of carboxylic acid groups (broad SMARTS) is 1. The van der Waals surface area contributed by atoms with E-state index in [-0.39, 0.29) is 35.6 Å². The lowest BCUT2D eigenvalue weighted by atomic mass is 9.60. The maximum Gasteiger partial charge on any atom is 0.307 e. The van der Waals surface area contributed by atoms with Gasteiger partial charge in [-0.25, -0.2) is 0 Å². The number of amides is 2. The van der Waals surface area contributed by atoms with Gasteiger partial charge in [-0.3, -0.25) is 19.3 Å². The van der Waals surface area contributed by atoms with Gasteiger partial charge in [-0.1, -0.05) is 34.6 Å². The molecule has 1 saturated carbocycles. The molecule has 2 aliphatic rings. The number of carbonyl (C=O) groups is 3. The Morgan fingerprint density at radius 3 is 2.00 bits per heavy atom. The van der Waals surface area contributed by atoms with Crippen LogP contribution in [0.25, 0.3) is 0 Å². The molecule has 2 amide bonds. The van der Waals surface area contributed by atoms with Crippen molar-refractivity contribution in [3.63, 3.8) is 0 Å². The summed E-state index contributed by atoms with van der Waals surface area (Å²) in [5.41, 5.74) is -0.440. The maximum atomic E-state index is 12.4. The monoisotopic (exact) mass is 295 g/mol. The first-order valence-electron chi connectivity index (χ1n) is 7.70. The number of aliphatic carboxylic acids is 1. The third kappa shape index (κ3) is 2.27. The molecule has 21 heavy (non-hydrogen) atoms. The smallest absolute Gasteiger partial charge is 0.307 e. The van der Waals surface area contributed by atoms with E-state index in [1.807, 2.05) is 20.8 Å². The van der Waals surface area contributed by atoms with Gasteiger partial charge in [0.2, 0.25) is 11.8 Å². The number of rotatable bonds is 2. The molecule has 2 rings (SSSR count). The molecule has 2 fully saturated rings. The number of carbonyl (C=O) groups excluding carboxylic acids is 2. The van der Waals surface area contributed by atoms with Crippen LogP contribution < -0.4 is 0 Å². The van der Waals surface area contributed by atoms with E-state index in [0.717, 1.165) is 0 Å². The maximum absolute atomic E-state index is 12.4. The minimum atomic E-state index is -0.786. The van der Waals surface area contributed by atoms with E-state index in [1.165, 1.54) is 4.90 Å². The van der Waals surface area contributed by atoms with Gasteiger partial charge in [0.1, 0.15) is 0 Å². The predicted molar refractivity (Wildman–Crippen MR) is 77.3 cm³/mol. The Morgan fingerprint density at radius 2 is 1.57 bits per heavy atom. The topological polar surface area (TPSA) is 74.7 Å². The predicted octanol–water partition coefficient (Wildman–Crippen LogP) is 2.15. The third-order valence-corrected chi connectivity index (χ3v) is 6.03. The highest BCUT2D eigenvalue weighted by Crippen LogP contribution is 2.48. The lowest BCUT2D eigenvalue weighted by Gasteiger charge is -2.48. The lowest BCUT2D eigenvalue weighted by Crippen LogP contribution is -2.54. The molecule has 1 aliphatic heterocycles. The number of nitrogens with zero attached hydrogens (tertiary/aromatic N) is 1. The van der Waals surface area contributed by atoms with Gasteiger partial charge in [0, 0.05) is 17.9 Å². The van der Waals surface area contributed by atoms with Gasteiger partial charge in [0.15, 0.2) is 0 Å². The van der Waals surface area contributed by atoms with Crippen molar-refractivity contribution in [2.24, 2.45) is 29.1 Å². The van der Waals surface area contributed by atoms with Crippen LogP contribution >= 0.6 is 0 Å². The highest BCUT2D eigenvalue weighted by Gasteiger charge is 2.53. The minimum Gasteiger partial charge on any atom is -0.481 e. The summed E-state index contributed by atoms with van der Waals surface area (Å²) in [5.74, 6) is -1.99. The molecule has 1 aliphatic carbocycles. The Bertz CT molecular complexity index is 465. The first-order chi connectivity index (χ1) is 9.60. The third-order valence-electron chi connectivity index (χ3n) is 6.03. The SMILES string of the molecule is CC1C(=O)N(C2CCC(C(=O)O)C(C)(C)C2C)C(=O)C1C. The van der Waals surface area contributed by atoms with Crippen LogP contribution in [-0.2, 0) is 14.4 Å². The first-order valence-corrected chi connectivity index (χ1v) is 7.70. The summed E-state index contributed by atoms with van der Waals surface area (Å²) in [5, 5.41) is 9.38. The average molecular weight is 295 g/mol. The van der Waals surface area contributed by atoms with Gasteiger partial charge in [-0.15, -0.1) is 0 Å². The van der Waals surface area contributed by atoms with Crippen molar-refractivity contribution < 1.29 is 19.5 Å². The normalized spacial score (nSPS) is 39.7. The van der Waals surface area contributed by atoms with Crippen LogP contribution in [0.3, 0.4) is 0 Å². The average Bonchev–Trinajstić information content (AvgIpc) is 2.57. The van der Waals surface area contributed by atoms with Crippen molar-refractivity contribution in [1.29, 1.82) is 0 Å². The number of likely N-dealkylation sites (tertiary alicyclic amines) is 1. The van der Waals surface area contributed by atoms with Gasteiger partial charge in [-0.2, -0.15) is 0 Å². The lowest BCUT2D eigenvalue weighted by molar-refractivity contribution is -0.155. The van der Waals surface area contributed by atoms with E-state index < -0.39 is 17.3 Å². The molecule has 0 spiro atoms. The van der Waals surface area contributed by atoms with Gasteiger partial charge >= 0.3 is 5.97 Å². The summed E-state index contributed by atoms with van der Waals surface area (Å²) in [7, 11) is 0. The zero-order valence-electron chi connectivity index (χ0n) is 13.4. The largest absolute Gasteiger partial charge is 0.481 e. The van der Waals surface area contributed by atoms with Crippen LogP contribution in [0.15, 0.2) is 0 Å². The van der Waals surface area contributed by atoms with E-state index in [4.69, 9.17) is 0 Å². The van der Waals surface area contributed by atoms with E-state index in [0.29, 0.717) is 12.8 Å². The molecule has 118 valence electrons. The molecule has 1 heterocycles. The Labute approximate surface area is 125 Å². The van der Waals surface area contributed by atoms with Crippen LogP contribution in [0.5, 0.6) is 0 Å². The van der Waals surface area contributed by atoms with Crippen molar-refractivity contribution in [2.75, 3.05) is 0 Å². The second-order valence-electron chi connectivity index (χ2n) is 7.27. The number of carboxylic acids is 1. The fourth-order valence-electron chi connectivity index (χ4n) is 3.87. The molecular formula is C16H25NO4. The molecule has 0 radical (unpaired) electrons. The zero-order chi connectivity index (χ0) is 16.1. The van der Waals surface area contributed by atoms with Crippen LogP contribution in [0.4, 0.5) is 0 Å². The molecule has 5 atom stereocenters. The van der Waals surface area contributed by atoms with Crippen molar-refractivity contribution >= 4 is 17.8 Å². The summed E-state index contributed by atoms with van der Waals surface area (Å²) in [6, 6.07) is -0.178. The summed E-state index contributed by atoms with van der Waals surface area (Å²) in [6.07, 6.45) is 1.09. The fourth-order valence-corrected chi connectivity index (χ4v) is 3.87. The van der Waals surface area contributed by atoms with Gasteiger partial charge < -0.3 is 5.11 Å². The van der Waals surface area contributed by atoms with E-state index in [9.17, 15) is 19.5 Å². The van der Waals surface area contributed by atoms with Gasteiger partial charge in [0.05, 0.1) is 5.92 Å². The van der Waals surface area contributed by atoms with Crippen LogP contribution in [0, 0.1) is 29.1 Å². The molecule has 1 N–H and O–H groups in total. The molecular weight excluding hydrogens is 270 g/mol. The number of hydrogen-bond donors (Lipinski definition) is 1. The van der Waals surface area contributed by atoms with Gasteiger partial charge in [-0.05, 0) is 24.2 Å². The Kier molecular flexibility index (Phi) is 3.89. The summed E-state index contributed by atoms with van der Waals surface area (Å²) in [4.78, 5) is 37.6. The zero-order valence-corrected chi connectivity index (χ0v) is 13.4. The highest BCUT2D eigenvalue weighted by molar-refractivity contribution is 6.05. The van der Waals surface area contributed by atoms with Crippen LogP contribution in [0.2, 0.25) is 0 Å². The van der Waals surface area contributed by atoms with Crippen molar-refractivity contribution in [3.8, 4) is 0 Å². The minimum absolute atomic E-state index is 0.0299. The van der Waals surface area contributed by atoms with E-state index in [1.54, 1.807) is 13.8 Å². The second-order valence-corrected chi connectivity index (χ2v) is 7.27. The van der Waals surface area contributed by atoms with E-state index >= 15 is 0 Å². The molecule has 5 unspecified atom stereocenters. The number of imide groups is 1. The highest BCUT2D eigenvalue weighted by atomic mass is 16.4. The Balaban J connectivity index is 2.29. The van der Waals surface area contributed by atoms with Crippen molar-refractivity contribution in [3.05, 3.63) is 0 Å². The molecule has 0 aromatic rings. The molecule has 0 aromatic carbocycles. The molecule has 5 heteroatoms. The molecule has 5 nitrogen and oxygen atoms in total. The standard InChI is InChI=1S/C16H25NO4/c1-8-9(2)14(19)17(13(8)18)12-7-6-11(15(20)21)16(4,5)10(12)3/h8-12H,6-7H2,1-5H3,(H,20,21). The molecule has 0 bridgehead atoms. The quantitative estimate of drug-likeness (QED) is 0.792. The summed E-state index contributed by atoms with van der Waals surface area (Å²) >= 11 is 0. The first kappa shape index (κ1) is 16.0. The summed E-state index contributed by atoms with van der Waals surface area (Å²) < 4.78 is 0. The van der Waals surface area contributed by atoms with Gasteiger partial charge in [0.25, 0.3) is 0 Å². The van der Waals surface area contributed by atoms with E-state index in [2.05, 4.69) is 0 Å². The molecule has 1 saturated heterocycles.